The maximum atomic E-state index is 5.34. The van der Waals surface area contributed by atoms with Crippen LogP contribution in [0.2, 0.25) is 0 Å². The van der Waals surface area contributed by atoms with Crippen LogP contribution in [0.4, 0.5) is 11.4 Å². The number of hydrogen-bond donors (Lipinski definition) is 1. The molecule has 110 valence electrons. The minimum atomic E-state index is 0.678. The van der Waals surface area contributed by atoms with E-state index in [9.17, 15) is 0 Å². The van der Waals surface area contributed by atoms with Crippen LogP contribution >= 0.6 is 0 Å². The third-order valence-electron chi connectivity index (χ3n) is 3.69. The molecule has 1 fully saturated rings. The summed E-state index contributed by atoms with van der Waals surface area (Å²) in [6.45, 7) is 2.29. The quantitative estimate of drug-likeness (QED) is 0.670. The van der Waals surface area contributed by atoms with Crippen LogP contribution in [0.5, 0.6) is 11.5 Å². The van der Waals surface area contributed by atoms with E-state index in [-0.39, 0.29) is 0 Å². The van der Waals surface area contributed by atoms with Gasteiger partial charge in [-0.25, -0.2) is 0 Å². The van der Waals surface area contributed by atoms with Gasteiger partial charge in [0.05, 0.1) is 0 Å². The zero-order valence-corrected chi connectivity index (χ0v) is 12.2. The Kier molecular flexibility index (Phi) is 4.15. The third-order valence-corrected chi connectivity index (χ3v) is 3.69. The van der Waals surface area contributed by atoms with Crippen LogP contribution in [0.25, 0.3) is 0 Å². The molecule has 2 aromatic rings. The fraction of sp³-hybridized carbons (Fsp3) is 0.294. The highest BCUT2D eigenvalue weighted by Gasteiger charge is 2.12. The van der Waals surface area contributed by atoms with E-state index in [2.05, 4.69) is 22.3 Å². The van der Waals surface area contributed by atoms with Crippen molar-refractivity contribution in [1.82, 2.24) is 0 Å². The first-order valence-corrected chi connectivity index (χ1v) is 7.32. The minimum absolute atomic E-state index is 0.678. The van der Waals surface area contributed by atoms with Crippen molar-refractivity contribution in [3.8, 4) is 11.5 Å². The monoisotopic (exact) mass is 284 g/mol. The first-order chi connectivity index (χ1) is 10.3. The Morgan fingerprint density at radius 2 is 1.33 bits per heavy atom. The van der Waals surface area contributed by atoms with Crippen LogP contribution < -0.4 is 20.0 Å². The van der Waals surface area contributed by atoms with Crippen molar-refractivity contribution in [2.45, 2.75) is 12.8 Å². The van der Waals surface area contributed by atoms with Crippen molar-refractivity contribution in [3.63, 3.8) is 0 Å². The van der Waals surface area contributed by atoms with E-state index in [1.807, 2.05) is 43.4 Å². The SMILES string of the molecule is CNc1ccc(OOc2ccc(N3CCCC3)cc2)cc1. The third kappa shape index (κ3) is 3.40. The summed E-state index contributed by atoms with van der Waals surface area (Å²) in [5.41, 5.74) is 2.29. The van der Waals surface area contributed by atoms with Gasteiger partial charge in [0.15, 0.2) is 11.5 Å². The van der Waals surface area contributed by atoms with Gasteiger partial charge in [-0.2, -0.15) is 0 Å². The summed E-state index contributed by atoms with van der Waals surface area (Å²) in [7, 11) is 1.88. The van der Waals surface area contributed by atoms with E-state index in [1.54, 1.807) is 0 Å². The number of rotatable bonds is 5. The predicted molar refractivity (Wildman–Crippen MR) is 85.1 cm³/mol. The van der Waals surface area contributed by atoms with Gasteiger partial charge in [-0.15, -0.1) is 0 Å². The summed E-state index contributed by atoms with van der Waals surface area (Å²) in [6.07, 6.45) is 2.56. The lowest BCUT2D eigenvalue weighted by molar-refractivity contribution is -0.0999. The van der Waals surface area contributed by atoms with Gasteiger partial charge < -0.3 is 10.2 Å². The molecule has 1 saturated heterocycles. The summed E-state index contributed by atoms with van der Waals surface area (Å²) >= 11 is 0. The molecule has 1 aliphatic rings. The highest BCUT2D eigenvalue weighted by molar-refractivity contribution is 5.49. The summed E-state index contributed by atoms with van der Waals surface area (Å²) < 4.78 is 0. The highest BCUT2D eigenvalue weighted by Crippen LogP contribution is 2.24. The average molecular weight is 284 g/mol. The summed E-state index contributed by atoms with van der Waals surface area (Å²) in [5.74, 6) is 1.38. The fourth-order valence-electron chi connectivity index (χ4n) is 2.46. The smallest absolute Gasteiger partial charge is 0.178 e. The van der Waals surface area contributed by atoms with Crippen LogP contribution in [0, 0.1) is 0 Å². The number of nitrogens with zero attached hydrogens (tertiary/aromatic N) is 1. The van der Waals surface area contributed by atoms with Crippen LogP contribution in [0.3, 0.4) is 0 Å². The molecule has 0 amide bonds. The van der Waals surface area contributed by atoms with Crippen LogP contribution in [-0.2, 0) is 0 Å². The van der Waals surface area contributed by atoms with Crippen molar-refractivity contribution in [1.29, 1.82) is 0 Å². The van der Waals surface area contributed by atoms with Gasteiger partial charge in [-0.1, -0.05) is 0 Å². The van der Waals surface area contributed by atoms with Crippen LogP contribution in [0.1, 0.15) is 12.8 Å². The Morgan fingerprint density at radius 1 is 0.810 bits per heavy atom. The number of benzene rings is 2. The molecule has 0 radical (unpaired) electrons. The molecule has 2 aromatic carbocycles. The van der Waals surface area contributed by atoms with E-state index in [0.29, 0.717) is 11.5 Å². The molecule has 0 saturated carbocycles. The second-order valence-corrected chi connectivity index (χ2v) is 5.13. The minimum Gasteiger partial charge on any atom is -0.388 e. The molecule has 0 bridgehead atoms. The summed E-state index contributed by atoms with van der Waals surface area (Å²) in [5, 5.41) is 3.06. The standard InChI is InChI=1S/C17H20N2O2/c1-18-14-4-8-16(9-5-14)20-21-17-10-6-15(7-11-17)19-12-2-3-13-19/h4-11,18H,2-3,12-13H2,1H3. The lowest BCUT2D eigenvalue weighted by Gasteiger charge is -2.17. The molecule has 0 unspecified atom stereocenters. The molecule has 1 aliphatic heterocycles. The van der Waals surface area contributed by atoms with Gasteiger partial charge in [0, 0.05) is 31.5 Å². The topological polar surface area (TPSA) is 33.7 Å². The Labute approximate surface area is 125 Å². The zero-order valence-electron chi connectivity index (χ0n) is 12.2. The van der Waals surface area contributed by atoms with Gasteiger partial charge in [0.2, 0.25) is 0 Å². The summed E-state index contributed by atoms with van der Waals surface area (Å²) in [6, 6.07) is 15.6. The predicted octanol–water partition coefficient (Wildman–Crippen LogP) is 3.70. The normalized spacial score (nSPS) is 14.0. The highest BCUT2D eigenvalue weighted by atomic mass is 17.2. The largest absolute Gasteiger partial charge is 0.388 e. The molecule has 0 aromatic heterocycles. The van der Waals surface area contributed by atoms with E-state index < -0.39 is 0 Å². The maximum absolute atomic E-state index is 5.34. The lowest BCUT2D eigenvalue weighted by atomic mass is 10.3. The van der Waals surface area contributed by atoms with Crippen LogP contribution in [-0.4, -0.2) is 20.1 Å². The molecule has 21 heavy (non-hydrogen) atoms. The average Bonchev–Trinajstić information content (AvgIpc) is 3.08. The Bertz CT molecular complexity index is 560. The molecule has 0 aliphatic carbocycles. The molecular weight excluding hydrogens is 264 g/mol. The van der Waals surface area contributed by atoms with Gasteiger partial charge in [-0.3, -0.25) is 9.78 Å². The van der Waals surface area contributed by atoms with Gasteiger partial charge in [0.1, 0.15) is 0 Å². The van der Waals surface area contributed by atoms with Crippen molar-refractivity contribution < 1.29 is 9.78 Å². The lowest BCUT2D eigenvalue weighted by Crippen LogP contribution is -2.17. The summed E-state index contributed by atoms with van der Waals surface area (Å²) in [4.78, 5) is 13.0. The van der Waals surface area contributed by atoms with Gasteiger partial charge >= 0.3 is 0 Å². The number of nitrogens with one attached hydrogen (secondary N) is 1. The maximum Gasteiger partial charge on any atom is 0.178 e. The Hall–Kier alpha value is -2.36. The van der Waals surface area contributed by atoms with Crippen molar-refractivity contribution in [3.05, 3.63) is 48.5 Å². The van der Waals surface area contributed by atoms with E-state index in [1.165, 1.54) is 18.5 Å². The fourth-order valence-corrected chi connectivity index (χ4v) is 2.46. The first-order valence-electron chi connectivity index (χ1n) is 7.32. The molecule has 4 nitrogen and oxygen atoms in total. The molecule has 4 heteroatoms. The first kappa shape index (κ1) is 13.6. The molecule has 0 spiro atoms. The molecule has 1 N–H and O–H groups in total. The molecule has 1 heterocycles. The number of anilines is 2. The van der Waals surface area contributed by atoms with Crippen molar-refractivity contribution >= 4 is 11.4 Å². The Balaban J connectivity index is 1.57. The van der Waals surface area contributed by atoms with Crippen LogP contribution in [0.15, 0.2) is 48.5 Å². The van der Waals surface area contributed by atoms with Crippen molar-refractivity contribution in [2.24, 2.45) is 0 Å². The molecule has 3 rings (SSSR count). The second-order valence-electron chi connectivity index (χ2n) is 5.13. The molecule has 0 atom stereocenters. The van der Waals surface area contributed by atoms with Gasteiger partial charge in [-0.05, 0) is 61.4 Å². The Morgan fingerprint density at radius 3 is 1.86 bits per heavy atom. The van der Waals surface area contributed by atoms with Crippen molar-refractivity contribution in [2.75, 3.05) is 30.4 Å². The van der Waals surface area contributed by atoms with E-state index in [4.69, 9.17) is 9.78 Å². The number of hydrogen-bond acceptors (Lipinski definition) is 4. The van der Waals surface area contributed by atoms with E-state index >= 15 is 0 Å². The van der Waals surface area contributed by atoms with Gasteiger partial charge in [0.25, 0.3) is 0 Å². The van der Waals surface area contributed by atoms with E-state index in [0.717, 1.165) is 18.8 Å². The molecular formula is C17H20N2O2. The second kappa shape index (κ2) is 6.39. The zero-order chi connectivity index (χ0) is 14.5.